The van der Waals surface area contributed by atoms with E-state index in [0.717, 1.165) is 11.1 Å². The van der Waals surface area contributed by atoms with Crippen LogP contribution in [0.3, 0.4) is 0 Å². The summed E-state index contributed by atoms with van der Waals surface area (Å²) < 4.78 is 0. The van der Waals surface area contributed by atoms with Crippen LogP contribution >= 0.6 is 0 Å². The maximum atomic E-state index is 4.96. The molecule has 0 radical (unpaired) electrons. The van der Waals surface area contributed by atoms with Gasteiger partial charge in [0.2, 0.25) is 0 Å². The fourth-order valence-electron chi connectivity index (χ4n) is 1.07. The van der Waals surface area contributed by atoms with E-state index in [1.807, 2.05) is 45.0 Å². The smallest absolute Gasteiger partial charge is 0.178 e. The largest absolute Gasteiger partial charge is 0.305 e. The highest BCUT2D eigenvalue weighted by atomic mass is 15.3. The first-order valence-electron chi connectivity index (χ1n) is 4.92. The van der Waals surface area contributed by atoms with E-state index in [9.17, 15) is 0 Å². The first-order chi connectivity index (χ1) is 7.27. The Morgan fingerprint density at radius 1 is 1.27 bits per heavy atom. The molecule has 15 heavy (non-hydrogen) atoms. The minimum Gasteiger partial charge on any atom is -0.305 e. The number of benzene rings is 1. The van der Waals surface area contributed by atoms with Gasteiger partial charge in [-0.05, 0) is 13.0 Å². The van der Waals surface area contributed by atoms with E-state index in [2.05, 4.69) is 15.3 Å². The highest BCUT2D eigenvalue weighted by Crippen LogP contribution is 2.06. The van der Waals surface area contributed by atoms with E-state index < -0.39 is 0 Å². The lowest BCUT2D eigenvalue weighted by molar-refractivity contribution is 1.08. The van der Waals surface area contributed by atoms with Crippen molar-refractivity contribution in [2.75, 3.05) is 7.05 Å². The average Bonchev–Trinajstić information content (AvgIpc) is 2.28. The van der Waals surface area contributed by atoms with Gasteiger partial charge in [0.25, 0.3) is 0 Å². The third-order valence-corrected chi connectivity index (χ3v) is 1.64. The molecule has 1 aromatic carbocycles. The van der Waals surface area contributed by atoms with Crippen molar-refractivity contribution in [3.8, 4) is 0 Å². The van der Waals surface area contributed by atoms with E-state index in [-0.39, 0.29) is 0 Å². The Bertz CT molecular complexity index is 342. The number of nitrogens with zero attached hydrogens (tertiary/aromatic N) is 3. The molecule has 0 spiro atoms. The van der Waals surface area contributed by atoms with Crippen molar-refractivity contribution in [2.45, 2.75) is 20.8 Å². The van der Waals surface area contributed by atoms with Crippen molar-refractivity contribution in [3.63, 3.8) is 0 Å². The molecule has 0 aliphatic heterocycles. The van der Waals surface area contributed by atoms with Gasteiger partial charge in [0, 0.05) is 12.6 Å². The summed E-state index contributed by atoms with van der Waals surface area (Å²) in [4.78, 5) is 3.97. The van der Waals surface area contributed by atoms with Gasteiger partial charge in [-0.25, -0.2) is 0 Å². The van der Waals surface area contributed by atoms with Crippen molar-refractivity contribution in [1.82, 2.24) is 0 Å². The quantitative estimate of drug-likeness (QED) is 0.248. The Hall–Kier alpha value is -1.71. The molecule has 2 N–H and O–H groups in total. The number of aliphatic imine (C=N–C) groups is 1. The van der Waals surface area contributed by atoms with Crippen LogP contribution < -0.4 is 5.84 Å². The van der Waals surface area contributed by atoms with Crippen molar-refractivity contribution in [2.24, 2.45) is 21.2 Å². The third-order valence-electron chi connectivity index (χ3n) is 1.64. The predicted octanol–water partition coefficient (Wildman–Crippen LogP) is 2.72. The highest BCUT2D eigenvalue weighted by Gasteiger charge is 1.99. The zero-order valence-electron chi connectivity index (χ0n) is 9.73. The zero-order valence-corrected chi connectivity index (χ0v) is 9.73. The number of amidine groups is 1. The second-order valence-electron chi connectivity index (χ2n) is 2.63. The molecule has 0 unspecified atom stereocenters. The van der Waals surface area contributed by atoms with Crippen LogP contribution in [0.15, 0.2) is 39.6 Å². The average molecular weight is 206 g/mol. The van der Waals surface area contributed by atoms with Gasteiger partial charge in [-0.1, -0.05) is 42.8 Å². The Kier molecular flexibility index (Phi) is 6.80. The zero-order chi connectivity index (χ0) is 11.7. The Balaban J connectivity index is 0.000000921. The van der Waals surface area contributed by atoms with Gasteiger partial charge in [0.05, 0.1) is 0 Å². The summed E-state index contributed by atoms with van der Waals surface area (Å²) in [6, 6.07) is 7.86. The molecule has 1 aromatic rings. The van der Waals surface area contributed by atoms with Gasteiger partial charge in [-0.3, -0.25) is 4.99 Å². The topological polar surface area (TPSA) is 63.1 Å². The van der Waals surface area contributed by atoms with Gasteiger partial charge >= 0.3 is 0 Å². The Morgan fingerprint density at radius 3 is 2.40 bits per heavy atom. The van der Waals surface area contributed by atoms with E-state index in [1.54, 1.807) is 7.05 Å². The molecule has 0 atom stereocenters. The number of nitrogens with two attached hydrogens (primary N) is 1. The SMILES string of the molecule is CC.CN=C(N=NN)c1cccc(C)c1. The molecule has 0 saturated carbocycles. The van der Waals surface area contributed by atoms with E-state index in [1.165, 1.54) is 0 Å². The number of rotatable bonds is 1. The van der Waals surface area contributed by atoms with Gasteiger partial charge in [-0.15, -0.1) is 5.11 Å². The van der Waals surface area contributed by atoms with Crippen molar-refractivity contribution in [3.05, 3.63) is 35.4 Å². The summed E-state index contributed by atoms with van der Waals surface area (Å²) in [5.74, 6) is 5.51. The van der Waals surface area contributed by atoms with Crippen LogP contribution in [-0.2, 0) is 0 Å². The number of hydrogen-bond acceptors (Lipinski definition) is 2. The predicted molar refractivity (Wildman–Crippen MR) is 64.0 cm³/mol. The molecular weight excluding hydrogens is 188 g/mol. The molecule has 1 rings (SSSR count). The number of aryl methyl sites for hydroxylation is 1. The van der Waals surface area contributed by atoms with Crippen molar-refractivity contribution < 1.29 is 0 Å². The van der Waals surface area contributed by atoms with E-state index >= 15 is 0 Å². The van der Waals surface area contributed by atoms with Crippen LogP contribution in [-0.4, -0.2) is 12.9 Å². The lowest BCUT2D eigenvalue weighted by atomic mass is 10.1. The molecular formula is C11H18N4. The van der Waals surface area contributed by atoms with Crippen LogP contribution in [0.1, 0.15) is 25.0 Å². The molecule has 0 heterocycles. The molecule has 4 heteroatoms. The van der Waals surface area contributed by atoms with E-state index in [0.29, 0.717) is 5.84 Å². The van der Waals surface area contributed by atoms with Crippen molar-refractivity contribution in [1.29, 1.82) is 0 Å². The molecule has 0 bridgehead atoms. The van der Waals surface area contributed by atoms with Crippen LogP contribution in [0.5, 0.6) is 0 Å². The fraction of sp³-hybridized carbons (Fsp3) is 0.364. The highest BCUT2D eigenvalue weighted by molar-refractivity contribution is 5.99. The van der Waals surface area contributed by atoms with Crippen LogP contribution in [0.25, 0.3) is 0 Å². The first kappa shape index (κ1) is 13.3. The van der Waals surface area contributed by atoms with Gasteiger partial charge in [0.1, 0.15) is 0 Å². The fourth-order valence-corrected chi connectivity index (χ4v) is 1.07. The lowest BCUT2D eigenvalue weighted by Crippen LogP contribution is -1.97. The Morgan fingerprint density at radius 2 is 1.93 bits per heavy atom. The molecule has 0 aromatic heterocycles. The van der Waals surface area contributed by atoms with Crippen LogP contribution in [0, 0.1) is 6.92 Å². The summed E-state index contributed by atoms with van der Waals surface area (Å²) >= 11 is 0. The minimum absolute atomic E-state index is 0.547. The summed E-state index contributed by atoms with van der Waals surface area (Å²) in [7, 11) is 1.66. The molecule has 4 nitrogen and oxygen atoms in total. The monoisotopic (exact) mass is 206 g/mol. The minimum atomic E-state index is 0.547. The van der Waals surface area contributed by atoms with Crippen molar-refractivity contribution >= 4 is 5.84 Å². The van der Waals surface area contributed by atoms with E-state index in [4.69, 9.17) is 5.84 Å². The standard InChI is InChI=1S/C9H12N4.C2H6/c1-7-4-3-5-8(6-7)9(11-2)12-13-10;1-2/h3-6H,1-2H3,(H2,10,11,12);1-2H3. The first-order valence-corrected chi connectivity index (χ1v) is 4.92. The maximum absolute atomic E-state index is 4.96. The second-order valence-corrected chi connectivity index (χ2v) is 2.63. The van der Waals surface area contributed by atoms with Gasteiger partial charge in [-0.2, -0.15) is 0 Å². The summed E-state index contributed by atoms with van der Waals surface area (Å²) in [6.07, 6.45) is 0. The lowest BCUT2D eigenvalue weighted by Gasteiger charge is -1.99. The summed E-state index contributed by atoms with van der Waals surface area (Å²) in [5, 5.41) is 6.91. The molecule has 0 fully saturated rings. The maximum Gasteiger partial charge on any atom is 0.178 e. The van der Waals surface area contributed by atoms with Gasteiger partial charge in [0.15, 0.2) is 5.84 Å². The summed E-state index contributed by atoms with van der Waals surface area (Å²) in [6.45, 7) is 6.01. The Labute approximate surface area is 90.9 Å². The van der Waals surface area contributed by atoms with Crippen LogP contribution in [0.4, 0.5) is 0 Å². The molecule has 82 valence electrons. The molecule has 0 amide bonds. The summed E-state index contributed by atoms with van der Waals surface area (Å²) in [5.41, 5.74) is 2.09. The van der Waals surface area contributed by atoms with Gasteiger partial charge < -0.3 is 5.84 Å². The third kappa shape index (κ3) is 4.35. The van der Waals surface area contributed by atoms with Crippen LogP contribution in [0.2, 0.25) is 0 Å². The second kappa shape index (κ2) is 7.67. The molecule has 0 aliphatic carbocycles. The number of hydrogen-bond donors (Lipinski definition) is 1. The molecule has 0 saturated heterocycles. The molecule has 0 aliphatic rings. The normalized spacial score (nSPS) is 11.1.